The Hall–Kier alpha value is -2.15. The summed E-state index contributed by atoms with van der Waals surface area (Å²) in [4.78, 5) is 23.0. The first-order chi connectivity index (χ1) is 8.97. The number of hydrogen-bond acceptors (Lipinski definition) is 5. The predicted molar refractivity (Wildman–Crippen MR) is 71.9 cm³/mol. The molecule has 2 N–H and O–H groups in total. The molecule has 0 saturated heterocycles. The normalized spacial score (nSPS) is 10.2. The summed E-state index contributed by atoms with van der Waals surface area (Å²) in [5.41, 5.74) is 0.208. The van der Waals surface area contributed by atoms with Crippen LogP contribution in [0, 0.1) is 10.1 Å². The summed E-state index contributed by atoms with van der Waals surface area (Å²) in [5, 5.41) is 22.8. The van der Waals surface area contributed by atoms with E-state index in [2.05, 4.69) is 5.32 Å². The van der Waals surface area contributed by atoms with Crippen molar-refractivity contribution >= 4 is 17.3 Å². The minimum absolute atomic E-state index is 0.0545. The number of benzene rings is 1. The second-order valence-electron chi connectivity index (χ2n) is 4.14. The van der Waals surface area contributed by atoms with Crippen molar-refractivity contribution in [1.29, 1.82) is 0 Å². The number of nitrogens with one attached hydrogen (secondary N) is 1. The van der Waals surface area contributed by atoms with Gasteiger partial charge in [-0.25, -0.2) is 4.79 Å². The van der Waals surface area contributed by atoms with Crippen molar-refractivity contribution in [2.45, 2.75) is 6.42 Å². The smallest absolute Gasteiger partial charge is 0.338 e. The topological polar surface area (TPSA) is 95.7 Å². The van der Waals surface area contributed by atoms with Gasteiger partial charge in [-0.05, 0) is 26.1 Å². The molecule has 0 aromatic heterocycles. The molecule has 1 aromatic carbocycles. The van der Waals surface area contributed by atoms with Gasteiger partial charge in [-0.15, -0.1) is 0 Å². The first-order valence-corrected chi connectivity index (χ1v) is 5.85. The van der Waals surface area contributed by atoms with Gasteiger partial charge >= 0.3 is 5.97 Å². The van der Waals surface area contributed by atoms with Crippen LogP contribution in [0.15, 0.2) is 18.2 Å². The molecule has 0 amide bonds. The highest BCUT2D eigenvalue weighted by atomic mass is 16.6. The second-order valence-corrected chi connectivity index (χ2v) is 4.14. The molecule has 7 heteroatoms. The van der Waals surface area contributed by atoms with Crippen molar-refractivity contribution in [1.82, 2.24) is 5.32 Å². The third-order valence-electron chi connectivity index (χ3n) is 2.75. The Morgan fingerprint density at radius 3 is 2.74 bits per heavy atom. The van der Waals surface area contributed by atoms with E-state index in [1.165, 1.54) is 12.1 Å². The van der Waals surface area contributed by atoms with E-state index in [0.717, 1.165) is 19.0 Å². The Labute approximate surface area is 111 Å². The van der Waals surface area contributed by atoms with Gasteiger partial charge in [0.15, 0.2) is 0 Å². The lowest BCUT2D eigenvalue weighted by Gasteiger charge is -2.21. The number of rotatable bonds is 7. The number of non-ortho nitro benzene ring substituents is 1. The molecule has 0 aliphatic rings. The molecule has 0 fully saturated rings. The van der Waals surface area contributed by atoms with Crippen molar-refractivity contribution in [2.75, 3.05) is 32.1 Å². The molecule has 0 bridgehead atoms. The molecular weight excluding hydrogens is 250 g/mol. The van der Waals surface area contributed by atoms with Gasteiger partial charge in [0.2, 0.25) is 0 Å². The maximum Gasteiger partial charge on any atom is 0.338 e. The van der Waals surface area contributed by atoms with Gasteiger partial charge in [-0.3, -0.25) is 10.1 Å². The fourth-order valence-corrected chi connectivity index (χ4v) is 1.76. The van der Waals surface area contributed by atoms with Gasteiger partial charge in [-0.1, -0.05) is 0 Å². The number of aromatic carboxylic acids is 1. The quantitative estimate of drug-likeness (QED) is 0.439. The summed E-state index contributed by atoms with van der Waals surface area (Å²) < 4.78 is 0. The van der Waals surface area contributed by atoms with Gasteiger partial charge in [0.05, 0.1) is 16.2 Å². The van der Waals surface area contributed by atoms with Crippen LogP contribution in [0.4, 0.5) is 11.4 Å². The average Bonchev–Trinajstić information content (AvgIpc) is 2.38. The molecule has 0 aliphatic heterocycles. The Morgan fingerprint density at radius 2 is 2.21 bits per heavy atom. The van der Waals surface area contributed by atoms with Crippen LogP contribution >= 0.6 is 0 Å². The Bertz CT molecular complexity index is 476. The minimum Gasteiger partial charge on any atom is -0.478 e. The van der Waals surface area contributed by atoms with Crippen LogP contribution < -0.4 is 10.2 Å². The van der Waals surface area contributed by atoms with E-state index < -0.39 is 10.9 Å². The van der Waals surface area contributed by atoms with E-state index >= 15 is 0 Å². The van der Waals surface area contributed by atoms with Crippen LogP contribution in [-0.4, -0.2) is 43.2 Å². The molecule has 0 atom stereocenters. The zero-order chi connectivity index (χ0) is 14.4. The molecule has 0 unspecified atom stereocenters. The predicted octanol–water partition coefficient (Wildman–Crippen LogP) is 1.34. The fraction of sp³-hybridized carbons (Fsp3) is 0.417. The van der Waals surface area contributed by atoms with E-state index in [0.29, 0.717) is 12.2 Å². The maximum absolute atomic E-state index is 11.2. The molecule has 0 heterocycles. The molecule has 0 spiro atoms. The number of nitro benzene ring substituents is 1. The highest BCUT2D eigenvalue weighted by molar-refractivity contribution is 5.95. The third-order valence-corrected chi connectivity index (χ3v) is 2.75. The highest BCUT2D eigenvalue weighted by Gasteiger charge is 2.18. The van der Waals surface area contributed by atoms with Gasteiger partial charge in [0, 0.05) is 25.7 Å². The van der Waals surface area contributed by atoms with Crippen molar-refractivity contribution in [3.05, 3.63) is 33.9 Å². The summed E-state index contributed by atoms with van der Waals surface area (Å²) in [5.74, 6) is -1.17. The molecule has 7 nitrogen and oxygen atoms in total. The van der Waals surface area contributed by atoms with Crippen LogP contribution in [0.25, 0.3) is 0 Å². The van der Waals surface area contributed by atoms with Gasteiger partial charge in [0.1, 0.15) is 0 Å². The van der Waals surface area contributed by atoms with Crippen LogP contribution in [0.3, 0.4) is 0 Å². The monoisotopic (exact) mass is 267 g/mol. The molecule has 19 heavy (non-hydrogen) atoms. The molecule has 0 radical (unpaired) electrons. The van der Waals surface area contributed by atoms with Crippen LogP contribution in [0.2, 0.25) is 0 Å². The van der Waals surface area contributed by atoms with Gasteiger partial charge in [-0.2, -0.15) is 0 Å². The van der Waals surface area contributed by atoms with E-state index in [-0.39, 0.29) is 11.3 Å². The lowest BCUT2D eigenvalue weighted by atomic mass is 10.1. The van der Waals surface area contributed by atoms with Crippen molar-refractivity contribution in [3.63, 3.8) is 0 Å². The van der Waals surface area contributed by atoms with E-state index in [4.69, 9.17) is 5.11 Å². The van der Waals surface area contributed by atoms with Crippen LogP contribution in [0.5, 0.6) is 0 Å². The number of carboxylic acid groups (broad SMARTS) is 1. The van der Waals surface area contributed by atoms with Gasteiger partial charge in [0.25, 0.3) is 5.69 Å². The van der Waals surface area contributed by atoms with Crippen LogP contribution in [0.1, 0.15) is 16.8 Å². The molecule has 1 aromatic rings. The number of anilines is 1. The molecule has 0 aliphatic carbocycles. The zero-order valence-electron chi connectivity index (χ0n) is 10.9. The minimum atomic E-state index is -1.17. The van der Waals surface area contributed by atoms with E-state index in [1.54, 1.807) is 11.9 Å². The Morgan fingerprint density at radius 1 is 1.53 bits per heavy atom. The summed E-state index contributed by atoms with van der Waals surface area (Å²) in [6.07, 6.45) is 0.850. The van der Waals surface area contributed by atoms with E-state index in [1.807, 2.05) is 7.05 Å². The lowest BCUT2D eigenvalue weighted by Crippen LogP contribution is -2.24. The Kier molecular flexibility index (Phi) is 5.25. The number of nitro groups is 1. The number of carbonyl (C=O) groups is 1. The average molecular weight is 267 g/mol. The van der Waals surface area contributed by atoms with E-state index in [9.17, 15) is 14.9 Å². The number of hydrogen-bond donors (Lipinski definition) is 2. The second kappa shape index (κ2) is 6.69. The SMILES string of the molecule is CNCCCN(C)c1ccc([N+](=O)[O-])cc1C(=O)O. The first kappa shape index (κ1) is 14.9. The lowest BCUT2D eigenvalue weighted by molar-refractivity contribution is -0.384. The molecular formula is C12H17N3O4. The largest absolute Gasteiger partial charge is 0.478 e. The van der Waals surface area contributed by atoms with Crippen LogP contribution in [-0.2, 0) is 0 Å². The molecule has 0 saturated carbocycles. The Balaban J connectivity index is 2.99. The van der Waals surface area contributed by atoms with Crippen molar-refractivity contribution < 1.29 is 14.8 Å². The molecule has 1 rings (SSSR count). The van der Waals surface area contributed by atoms with Crippen molar-refractivity contribution in [2.24, 2.45) is 0 Å². The van der Waals surface area contributed by atoms with Crippen molar-refractivity contribution in [3.8, 4) is 0 Å². The standard InChI is InChI=1S/C12H17N3O4/c1-13-6-3-7-14(2)11-5-4-9(15(18)19)8-10(11)12(16)17/h4-5,8,13H,3,6-7H2,1-2H3,(H,16,17). The summed E-state index contributed by atoms with van der Waals surface area (Å²) >= 11 is 0. The zero-order valence-corrected chi connectivity index (χ0v) is 10.9. The number of nitrogens with zero attached hydrogens (tertiary/aromatic N) is 2. The third kappa shape index (κ3) is 3.92. The maximum atomic E-state index is 11.2. The first-order valence-electron chi connectivity index (χ1n) is 5.85. The fourth-order valence-electron chi connectivity index (χ4n) is 1.76. The summed E-state index contributed by atoms with van der Waals surface area (Å²) in [6, 6.07) is 3.88. The van der Waals surface area contributed by atoms with Gasteiger partial charge < -0.3 is 15.3 Å². The highest BCUT2D eigenvalue weighted by Crippen LogP contribution is 2.24. The molecule has 104 valence electrons. The summed E-state index contributed by atoms with van der Waals surface area (Å²) in [6.45, 7) is 1.48. The summed E-state index contributed by atoms with van der Waals surface area (Å²) in [7, 11) is 3.61. The number of carboxylic acids is 1.